The van der Waals surface area contributed by atoms with E-state index in [1.165, 1.54) is 0 Å². The summed E-state index contributed by atoms with van der Waals surface area (Å²) in [5.74, 6) is 0.852. The highest BCUT2D eigenvalue weighted by Crippen LogP contribution is 2.12. The summed E-state index contributed by atoms with van der Waals surface area (Å²) in [5, 5.41) is 1.98. The molecule has 0 bridgehead atoms. The summed E-state index contributed by atoms with van der Waals surface area (Å²) in [6.07, 6.45) is 7.64. The van der Waals surface area contributed by atoms with Gasteiger partial charge in [0, 0.05) is 18.6 Å². The summed E-state index contributed by atoms with van der Waals surface area (Å²) < 4.78 is 5.63. The van der Waals surface area contributed by atoms with Crippen molar-refractivity contribution in [1.29, 1.82) is 0 Å². The van der Waals surface area contributed by atoms with E-state index in [-0.39, 0.29) is 0 Å². The fourth-order valence-corrected chi connectivity index (χ4v) is 1.71. The molecule has 1 aromatic rings. The monoisotopic (exact) mass is 198 g/mol. The van der Waals surface area contributed by atoms with E-state index in [1.807, 2.05) is 47.6 Å². The molecule has 3 rings (SSSR count). The topological polar surface area (TPSA) is 24.8 Å². The Morgan fingerprint density at radius 3 is 3.13 bits per heavy atom. The van der Waals surface area contributed by atoms with E-state index in [0.29, 0.717) is 6.61 Å². The van der Waals surface area contributed by atoms with Crippen molar-refractivity contribution in [3.05, 3.63) is 59.5 Å². The van der Waals surface area contributed by atoms with Crippen molar-refractivity contribution in [3.8, 4) is 0 Å². The second-order valence-corrected chi connectivity index (χ2v) is 3.35. The van der Waals surface area contributed by atoms with Crippen LogP contribution in [0.4, 0.5) is 0 Å². The third-order valence-electron chi connectivity index (χ3n) is 2.39. The maximum absolute atomic E-state index is 5.63. The van der Waals surface area contributed by atoms with Crippen LogP contribution in [0.2, 0.25) is 0 Å². The molecular formula is C12H10N2O. The normalized spacial score (nSPS) is 17.3. The highest BCUT2D eigenvalue weighted by Gasteiger charge is 2.12. The summed E-state index contributed by atoms with van der Waals surface area (Å²) in [5.41, 5.74) is 0. The van der Waals surface area contributed by atoms with Gasteiger partial charge in [0.1, 0.15) is 6.61 Å². The summed E-state index contributed by atoms with van der Waals surface area (Å²) >= 11 is 0. The van der Waals surface area contributed by atoms with Crippen molar-refractivity contribution in [2.24, 2.45) is 4.99 Å². The van der Waals surface area contributed by atoms with Gasteiger partial charge in [-0.05, 0) is 18.2 Å². The summed E-state index contributed by atoms with van der Waals surface area (Å²) in [6.45, 7) is 0.619. The molecule has 0 spiro atoms. The van der Waals surface area contributed by atoms with Gasteiger partial charge in [0.05, 0.1) is 10.6 Å². The van der Waals surface area contributed by atoms with Gasteiger partial charge in [0.2, 0.25) is 5.88 Å². The van der Waals surface area contributed by atoms with Crippen LogP contribution >= 0.6 is 0 Å². The van der Waals surface area contributed by atoms with Gasteiger partial charge in [-0.25, -0.2) is 0 Å². The van der Waals surface area contributed by atoms with Crippen LogP contribution in [-0.2, 0) is 4.74 Å². The van der Waals surface area contributed by atoms with Crippen LogP contribution in [0.15, 0.2) is 53.9 Å². The molecule has 74 valence electrons. The molecule has 1 aromatic carbocycles. The molecule has 0 fully saturated rings. The van der Waals surface area contributed by atoms with Gasteiger partial charge in [-0.15, -0.1) is 0 Å². The Morgan fingerprint density at radius 1 is 1.20 bits per heavy atom. The van der Waals surface area contributed by atoms with Gasteiger partial charge < -0.3 is 4.74 Å². The zero-order valence-electron chi connectivity index (χ0n) is 8.13. The minimum atomic E-state index is 0.619. The molecule has 0 radical (unpaired) electrons. The van der Waals surface area contributed by atoms with Gasteiger partial charge in [0.25, 0.3) is 0 Å². The fourth-order valence-electron chi connectivity index (χ4n) is 1.71. The van der Waals surface area contributed by atoms with Crippen LogP contribution in [0.5, 0.6) is 0 Å². The van der Waals surface area contributed by atoms with Crippen LogP contribution in [0, 0.1) is 0 Å². The van der Waals surface area contributed by atoms with E-state index in [0.717, 1.165) is 16.5 Å². The zero-order valence-corrected chi connectivity index (χ0v) is 8.13. The minimum absolute atomic E-state index is 0.619. The molecule has 15 heavy (non-hydrogen) atoms. The molecule has 0 saturated heterocycles. The standard InChI is InChI=1S/C12H10N2O/c1-2-5-11-10(4-1)12-14(8-6-13-11)7-3-9-15-12/h1-8H,9H2. The molecule has 0 aliphatic carbocycles. The van der Waals surface area contributed by atoms with E-state index < -0.39 is 0 Å². The van der Waals surface area contributed by atoms with E-state index in [9.17, 15) is 0 Å². The van der Waals surface area contributed by atoms with E-state index in [4.69, 9.17) is 4.74 Å². The van der Waals surface area contributed by atoms with Crippen molar-refractivity contribution < 1.29 is 4.74 Å². The second-order valence-electron chi connectivity index (χ2n) is 3.35. The van der Waals surface area contributed by atoms with Crippen LogP contribution in [0.1, 0.15) is 0 Å². The van der Waals surface area contributed by atoms with Crippen LogP contribution < -0.4 is 10.6 Å². The van der Waals surface area contributed by atoms with Crippen LogP contribution in [0.3, 0.4) is 0 Å². The Balaban J connectivity index is 2.38. The van der Waals surface area contributed by atoms with E-state index in [1.54, 1.807) is 6.20 Å². The molecule has 0 amide bonds. The molecule has 2 aliphatic heterocycles. The molecule has 0 N–H and O–H groups in total. The number of fused-ring (bicyclic) bond motifs is 2. The van der Waals surface area contributed by atoms with Gasteiger partial charge in [-0.3, -0.25) is 9.89 Å². The zero-order chi connectivity index (χ0) is 10.1. The first-order valence-electron chi connectivity index (χ1n) is 4.87. The summed E-state index contributed by atoms with van der Waals surface area (Å²) in [7, 11) is 0. The SMILES string of the molecule is C1=CN2C=CN=c3ccccc3=C2OC1. The maximum Gasteiger partial charge on any atom is 0.207 e. The van der Waals surface area contributed by atoms with Gasteiger partial charge in [-0.1, -0.05) is 12.1 Å². The highest BCUT2D eigenvalue weighted by molar-refractivity contribution is 5.41. The first-order valence-corrected chi connectivity index (χ1v) is 4.87. The lowest BCUT2D eigenvalue weighted by atomic mass is 10.3. The third kappa shape index (κ3) is 1.32. The molecule has 3 heteroatoms. The quantitative estimate of drug-likeness (QED) is 0.613. The van der Waals surface area contributed by atoms with Crippen molar-refractivity contribution in [2.75, 3.05) is 6.61 Å². The third-order valence-corrected chi connectivity index (χ3v) is 2.39. The number of ether oxygens (including phenoxy) is 1. The van der Waals surface area contributed by atoms with Crippen molar-refractivity contribution in [1.82, 2.24) is 4.90 Å². The van der Waals surface area contributed by atoms with Gasteiger partial charge >= 0.3 is 0 Å². The van der Waals surface area contributed by atoms with Gasteiger partial charge in [-0.2, -0.15) is 0 Å². The minimum Gasteiger partial charge on any atom is -0.474 e. The summed E-state index contributed by atoms with van der Waals surface area (Å²) in [4.78, 5) is 6.30. The lowest BCUT2D eigenvalue weighted by Crippen LogP contribution is -2.32. The first kappa shape index (κ1) is 8.29. The number of benzene rings is 1. The van der Waals surface area contributed by atoms with Crippen molar-refractivity contribution >= 4 is 5.88 Å². The molecule has 0 unspecified atom stereocenters. The lowest BCUT2D eigenvalue weighted by Gasteiger charge is -2.22. The number of hydrogen-bond donors (Lipinski definition) is 0. The summed E-state index contributed by atoms with van der Waals surface area (Å²) in [6, 6.07) is 7.97. The van der Waals surface area contributed by atoms with Crippen molar-refractivity contribution in [2.45, 2.75) is 0 Å². The van der Waals surface area contributed by atoms with Crippen molar-refractivity contribution in [3.63, 3.8) is 0 Å². The Hall–Kier alpha value is -2.03. The number of hydrogen-bond acceptors (Lipinski definition) is 3. The predicted molar refractivity (Wildman–Crippen MR) is 56.7 cm³/mol. The van der Waals surface area contributed by atoms with Crippen LogP contribution in [0.25, 0.3) is 5.88 Å². The average Bonchev–Trinajstić information content (AvgIpc) is 2.48. The molecule has 3 nitrogen and oxygen atoms in total. The Labute approximate surface area is 87.3 Å². The van der Waals surface area contributed by atoms with E-state index >= 15 is 0 Å². The van der Waals surface area contributed by atoms with Crippen LogP contribution in [-0.4, -0.2) is 11.5 Å². The number of rotatable bonds is 0. The number of para-hydroxylation sites is 1. The highest BCUT2D eigenvalue weighted by atomic mass is 16.5. The smallest absolute Gasteiger partial charge is 0.207 e. The van der Waals surface area contributed by atoms with Gasteiger partial charge in [0.15, 0.2) is 0 Å². The fraction of sp³-hybridized carbons (Fsp3) is 0.0833. The predicted octanol–water partition coefficient (Wildman–Crippen LogP) is 0.703. The largest absolute Gasteiger partial charge is 0.474 e. The number of nitrogens with zero attached hydrogens (tertiary/aromatic N) is 2. The molecule has 0 saturated carbocycles. The molecule has 2 aliphatic rings. The Kier molecular flexibility index (Phi) is 1.81. The molecule has 0 atom stereocenters. The Morgan fingerprint density at radius 2 is 2.13 bits per heavy atom. The Bertz CT molecular complexity index is 557. The average molecular weight is 198 g/mol. The second kappa shape index (κ2) is 3.28. The molecule has 0 aromatic heterocycles. The molecular weight excluding hydrogens is 188 g/mol. The first-order chi connectivity index (χ1) is 7.45. The maximum atomic E-state index is 5.63. The lowest BCUT2D eigenvalue weighted by molar-refractivity contribution is 0.246. The molecule has 2 heterocycles. The van der Waals surface area contributed by atoms with E-state index in [2.05, 4.69) is 4.99 Å².